The SMILES string of the molecule is CNC1C(O[C@H]2OC(CO)[C@@H](N)[C@H](O)C2O)O[C@H]2CC(C)[C@@H](O[C@@H]3C(NC(=O)OCc4ccccc4)C[C@@H](NC(=O)OCc4ccccc4)C(O)[C@H]3N=[N+]=[N-])OC2C1O.CNC1C(O[C@H]2OC(CO)[C@@H](NC(=O)CN)[C@H](O)C2O)O[C@H]2CC(N)[C@@H](O[C@@H]3C(N)C[C@@H](N)C(O)[C@H]3N)OC2C1O.[W]. The van der Waals surface area contributed by atoms with Gasteiger partial charge >= 0.3 is 12.2 Å². The van der Waals surface area contributed by atoms with Gasteiger partial charge in [-0.05, 0) is 56.4 Å². The van der Waals surface area contributed by atoms with Crippen LogP contribution in [0.25, 0.3) is 10.4 Å². The zero-order valence-corrected chi connectivity index (χ0v) is 58.5. The zero-order chi connectivity index (χ0) is 72.4. The Bertz CT molecular complexity index is 2960. The van der Waals surface area contributed by atoms with Crippen LogP contribution in [0.1, 0.15) is 43.7 Å². The predicted octanol–water partition coefficient (Wildman–Crippen LogP) is -8.26. The molecular formula is C61H98N14O25W. The van der Waals surface area contributed by atoms with Gasteiger partial charge in [0.25, 0.3) is 0 Å². The average Bonchev–Trinajstić information content (AvgIpc) is 0.770. The fraction of sp³-hybridized carbons (Fsp3) is 0.754. The summed E-state index contributed by atoms with van der Waals surface area (Å²) < 4.78 is 71.1. The summed E-state index contributed by atoms with van der Waals surface area (Å²) in [6.45, 7) is 0.124. The third-order valence-corrected chi connectivity index (χ3v) is 19.4. The normalized spacial score (nSPS) is 42.9. The molecule has 18 unspecified atom stereocenters. The van der Waals surface area contributed by atoms with Crippen molar-refractivity contribution >= 4 is 18.1 Å². The first kappa shape index (κ1) is 82.0. The van der Waals surface area contributed by atoms with Crippen molar-refractivity contribution in [3.05, 3.63) is 82.2 Å². The van der Waals surface area contributed by atoms with Crippen molar-refractivity contribution in [2.45, 2.75) is 248 Å². The van der Waals surface area contributed by atoms with E-state index >= 15 is 0 Å². The number of ether oxygens (including phenoxy) is 12. The molecule has 40 heteroatoms. The van der Waals surface area contributed by atoms with Gasteiger partial charge in [-0.25, -0.2) is 9.59 Å². The van der Waals surface area contributed by atoms with Crippen LogP contribution in [0.3, 0.4) is 0 Å². The number of aliphatic hydroxyl groups excluding tert-OH is 10. The second-order valence-corrected chi connectivity index (χ2v) is 26.2. The first-order chi connectivity index (χ1) is 47.8. The molecule has 8 fully saturated rings. The number of likely N-dealkylation sites (N-methyl/N-ethyl adjacent to an activating group) is 2. The number of aliphatic hydroxyl groups is 10. The summed E-state index contributed by atoms with van der Waals surface area (Å²) in [7, 11) is 3.08. The quantitative estimate of drug-likeness (QED) is 0.0314. The maximum atomic E-state index is 13.3. The van der Waals surface area contributed by atoms with E-state index in [0.717, 1.165) is 11.1 Å². The number of rotatable bonds is 21. The van der Waals surface area contributed by atoms with Crippen molar-refractivity contribution < 1.29 is 143 Å². The van der Waals surface area contributed by atoms with Crippen molar-refractivity contribution in [3.63, 3.8) is 0 Å². The molecule has 8 aliphatic rings. The Kier molecular flexibility index (Phi) is 30.5. The molecule has 0 spiro atoms. The number of hydrogen-bond acceptors (Lipinski definition) is 34. The van der Waals surface area contributed by atoms with Gasteiger partial charge in [0.2, 0.25) is 5.91 Å². The van der Waals surface area contributed by atoms with E-state index in [1.54, 1.807) is 62.5 Å². The Morgan fingerprint density at radius 2 is 1.03 bits per heavy atom. The minimum atomic E-state index is -1.66. The van der Waals surface area contributed by atoms with E-state index < -0.39 is 239 Å². The van der Waals surface area contributed by atoms with Crippen LogP contribution in [0.2, 0.25) is 0 Å². The van der Waals surface area contributed by atoms with Gasteiger partial charge in [-0.2, -0.15) is 0 Å². The third kappa shape index (κ3) is 19.5. The number of benzene rings is 2. The summed E-state index contributed by atoms with van der Waals surface area (Å²) in [6.07, 6.45) is -27.9. The molecule has 2 aromatic rings. The molecule has 34 atom stereocenters. The summed E-state index contributed by atoms with van der Waals surface area (Å²) in [5.74, 6) is -1.10. The fourth-order valence-electron chi connectivity index (χ4n) is 13.8. The number of fused-ring (bicyclic) bond motifs is 2. The van der Waals surface area contributed by atoms with Crippen molar-refractivity contribution in [2.75, 3.05) is 33.9 Å². The second kappa shape index (κ2) is 37.5. The summed E-state index contributed by atoms with van der Waals surface area (Å²) in [5.41, 5.74) is 46.8. The number of alkyl carbamates (subject to hydrolysis) is 2. The molecule has 27 N–H and O–H groups in total. The molecule has 2 aliphatic carbocycles. The minimum Gasteiger partial charge on any atom is -0.445 e. The fourth-order valence-corrected chi connectivity index (χ4v) is 13.8. The molecule has 0 aromatic heterocycles. The van der Waals surface area contributed by atoms with E-state index in [9.17, 15) is 71.0 Å². The van der Waals surface area contributed by atoms with Gasteiger partial charge in [0.1, 0.15) is 74.3 Å². The molecule has 0 bridgehead atoms. The van der Waals surface area contributed by atoms with Crippen LogP contribution in [-0.4, -0.2) is 305 Å². The molecule has 6 aliphatic heterocycles. The maximum Gasteiger partial charge on any atom is 0.407 e. The van der Waals surface area contributed by atoms with Crippen molar-refractivity contribution in [1.29, 1.82) is 0 Å². The molecular weight excluding hydrogens is 1510 g/mol. The van der Waals surface area contributed by atoms with Gasteiger partial charge in [-0.3, -0.25) is 4.79 Å². The Labute approximate surface area is 594 Å². The number of nitrogens with zero attached hydrogens (tertiary/aromatic N) is 3. The van der Waals surface area contributed by atoms with E-state index in [0.29, 0.717) is 0 Å². The van der Waals surface area contributed by atoms with Gasteiger partial charge in [-0.15, -0.1) is 0 Å². The molecule has 2 saturated carbocycles. The van der Waals surface area contributed by atoms with Crippen LogP contribution in [0.4, 0.5) is 9.59 Å². The summed E-state index contributed by atoms with van der Waals surface area (Å²) in [5, 5.41) is 124. The number of amides is 3. The molecule has 0 radical (unpaired) electrons. The van der Waals surface area contributed by atoms with Gasteiger partial charge in [-0.1, -0.05) is 72.7 Å². The van der Waals surface area contributed by atoms with Crippen molar-refractivity contribution in [2.24, 2.45) is 45.4 Å². The number of azide groups is 1. The minimum absolute atomic E-state index is 0. The number of nitrogens with one attached hydrogen (secondary N) is 5. The standard InChI is InChI=1S/C38H53N7O14.C23H45N7O11.W/c1-18-13-23-33(30(49)27(41-2)35(55-23)59-36-31(50)29(48)25(39)24(15-46)56-36)58-34(18)57-32-22(43-38(52)54-17-20-11-7-4-8-12-20)14-21(28(47)26(32)44-45-40)42-37(51)53-16-19-9-5-3-6-10-19;1-29-14-17(35)20-9(3-8(27)21(40-20)39-19-7(26)2-6(25)15(33)12(19)28)37-22(14)41-23-18(36)16(34)13(10(5-31)38-23)30-11(32)4-24;/h3-12,18,21-36,41,46-50H,13-17,39H2,1-2H3,(H,42,51)(H,43,52);6-10,12-23,29,31,33-36H,2-5,24-28H2,1H3,(H,30,32);/t18?,21-,22?,23+,24?,25-,26-,27?,28?,29+,30?,31?,32-,33?,34+,35?,36-;6-,7?,8?,9+,10?,12-,13-,14?,15?,16+,17?,18?,19-,20?,21+,22?,23-;/m11./s1. The Morgan fingerprint density at radius 1 is 0.525 bits per heavy atom. The molecule has 6 saturated heterocycles. The van der Waals surface area contributed by atoms with Crippen LogP contribution in [-0.2, 0) is 95.9 Å². The Balaban J connectivity index is 0.000000271. The van der Waals surface area contributed by atoms with Gasteiger partial charge in [0.05, 0.1) is 111 Å². The summed E-state index contributed by atoms with van der Waals surface area (Å²) in [6, 6.07) is 7.50. The van der Waals surface area contributed by atoms with E-state index in [-0.39, 0.29) is 66.5 Å². The molecule has 568 valence electrons. The molecule has 101 heavy (non-hydrogen) atoms. The van der Waals surface area contributed by atoms with Crippen LogP contribution in [0, 0.1) is 5.92 Å². The van der Waals surface area contributed by atoms with E-state index in [4.69, 9.17) is 91.2 Å². The zero-order valence-electron chi connectivity index (χ0n) is 55.6. The van der Waals surface area contributed by atoms with Gasteiger partial charge in [0, 0.05) is 44.0 Å². The van der Waals surface area contributed by atoms with Crippen LogP contribution >= 0.6 is 0 Å². The first-order valence-corrected chi connectivity index (χ1v) is 33.1. The average molecular weight is 1610 g/mol. The first-order valence-electron chi connectivity index (χ1n) is 33.1. The molecule has 6 heterocycles. The predicted molar refractivity (Wildman–Crippen MR) is 340 cm³/mol. The van der Waals surface area contributed by atoms with E-state index in [2.05, 4.69) is 36.6 Å². The number of hydrogen-bond donors (Lipinski definition) is 21. The summed E-state index contributed by atoms with van der Waals surface area (Å²) >= 11 is 0. The van der Waals surface area contributed by atoms with Gasteiger partial charge < -0.3 is 169 Å². The van der Waals surface area contributed by atoms with Crippen molar-refractivity contribution in [3.8, 4) is 0 Å². The third-order valence-electron chi connectivity index (χ3n) is 19.4. The van der Waals surface area contributed by atoms with Crippen LogP contribution in [0.5, 0.6) is 0 Å². The largest absolute Gasteiger partial charge is 0.445 e. The smallest absolute Gasteiger partial charge is 0.407 e. The van der Waals surface area contributed by atoms with E-state index in [1.165, 1.54) is 7.05 Å². The van der Waals surface area contributed by atoms with Gasteiger partial charge in [0.15, 0.2) is 37.7 Å². The number of nitrogens with two attached hydrogens (primary N) is 6. The van der Waals surface area contributed by atoms with Crippen molar-refractivity contribution in [1.82, 2.24) is 26.6 Å². The monoisotopic (exact) mass is 1610 g/mol. The Hall–Kier alpha value is -4.67. The molecule has 10 rings (SSSR count). The molecule has 39 nitrogen and oxygen atoms in total. The van der Waals surface area contributed by atoms with Crippen LogP contribution in [0.15, 0.2) is 65.8 Å². The molecule has 2 aromatic carbocycles. The van der Waals surface area contributed by atoms with E-state index in [1.807, 2.05) is 12.1 Å². The summed E-state index contributed by atoms with van der Waals surface area (Å²) in [4.78, 5) is 40.9. The topological polar surface area (TPSA) is 629 Å². The second-order valence-electron chi connectivity index (χ2n) is 26.2. The maximum absolute atomic E-state index is 13.3. The number of carbonyl (C=O) groups excluding carboxylic acids is 3. The molecule has 3 amide bonds. The van der Waals surface area contributed by atoms with Crippen LogP contribution < -0.4 is 61.0 Å². The Morgan fingerprint density at radius 3 is 1.55 bits per heavy atom. The number of carbonyl (C=O) groups is 3.